The first kappa shape index (κ1) is 15.5. The van der Waals surface area contributed by atoms with E-state index in [0.717, 1.165) is 25.7 Å². The highest BCUT2D eigenvalue weighted by atomic mass is 15.2. The van der Waals surface area contributed by atoms with Crippen LogP contribution in [0, 0.1) is 5.92 Å². The fourth-order valence-corrected chi connectivity index (χ4v) is 2.72. The molecule has 1 saturated carbocycles. The highest BCUT2D eigenvalue weighted by Gasteiger charge is 2.28. The summed E-state index contributed by atoms with van der Waals surface area (Å²) in [5, 5.41) is 3.57. The molecule has 1 aliphatic carbocycles. The molecule has 0 bridgehead atoms. The summed E-state index contributed by atoms with van der Waals surface area (Å²) in [6.07, 6.45) is 4.05. The van der Waals surface area contributed by atoms with Gasteiger partial charge in [0.2, 0.25) is 0 Å². The van der Waals surface area contributed by atoms with E-state index in [0.29, 0.717) is 5.92 Å². The van der Waals surface area contributed by atoms with Crippen molar-refractivity contribution in [3.63, 3.8) is 0 Å². The molecule has 2 nitrogen and oxygen atoms in total. The molecule has 0 aromatic heterocycles. The molecular weight excluding hydrogens is 244 g/mol. The average molecular weight is 274 g/mol. The molecule has 2 heteroatoms. The number of nitrogens with one attached hydrogen (secondary N) is 1. The molecule has 0 saturated heterocycles. The second kappa shape index (κ2) is 7.80. The Kier molecular flexibility index (Phi) is 6.06. The van der Waals surface area contributed by atoms with Gasteiger partial charge in [-0.1, -0.05) is 45.0 Å². The Balaban J connectivity index is 1.95. The van der Waals surface area contributed by atoms with Crippen molar-refractivity contribution in [2.24, 2.45) is 5.92 Å². The number of hydrogen-bond acceptors (Lipinski definition) is 2. The molecule has 1 aliphatic rings. The lowest BCUT2D eigenvalue weighted by atomic mass is 10.1. The van der Waals surface area contributed by atoms with Crippen molar-refractivity contribution in [1.29, 1.82) is 0 Å². The zero-order valence-electron chi connectivity index (χ0n) is 13.4. The zero-order valence-corrected chi connectivity index (χ0v) is 13.4. The van der Waals surface area contributed by atoms with Gasteiger partial charge in [0, 0.05) is 19.1 Å². The fourth-order valence-electron chi connectivity index (χ4n) is 2.72. The van der Waals surface area contributed by atoms with Crippen LogP contribution in [0.15, 0.2) is 24.3 Å². The van der Waals surface area contributed by atoms with Crippen LogP contribution in [0.25, 0.3) is 0 Å². The maximum Gasteiger partial charge on any atom is 0.0239 e. The van der Waals surface area contributed by atoms with Crippen molar-refractivity contribution >= 4 is 0 Å². The van der Waals surface area contributed by atoms with Gasteiger partial charge in [0.05, 0.1) is 0 Å². The van der Waals surface area contributed by atoms with Gasteiger partial charge in [-0.05, 0) is 49.4 Å². The Bertz CT molecular complexity index is 396. The number of rotatable bonds is 9. The monoisotopic (exact) mass is 274 g/mol. The summed E-state index contributed by atoms with van der Waals surface area (Å²) in [7, 11) is 0. The van der Waals surface area contributed by atoms with Gasteiger partial charge in [0.15, 0.2) is 0 Å². The van der Waals surface area contributed by atoms with Crippen LogP contribution < -0.4 is 5.32 Å². The molecule has 0 atom stereocenters. The maximum atomic E-state index is 3.57. The molecule has 1 N–H and O–H groups in total. The minimum atomic E-state index is 0.713. The summed E-state index contributed by atoms with van der Waals surface area (Å²) < 4.78 is 0. The van der Waals surface area contributed by atoms with E-state index in [1.807, 2.05) is 0 Å². The first-order valence-corrected chi connectivity index (χ1v) is 8.22. The molecule has 2 rings (SSSR count). The van der Waals surface area contributed by atoms with Gasteiger partial charge in [-0.2, -0.15) is 0 Å². The molecule has 0 spiro atoms. The molecule has 112 valence electrons. The molecule has 0 unspecified atom stereocenters. The molecule has 1 fully saturated rings. The Morgan fingerprint density at radius 2 is 1.90 bits per heavy atom. The Morgan fingerprint density at radius 3 is 2.50 bits per heavy atom. The fraction of sp³-hybridized carbons (Fsp3) is 0.667. The molecule has 0 amide bonds. The van der Waals surface area contributed by atoms with Crippen LogP contribution in [0.3, 0.4) is 0 Å². The number of benzene rings is 1. The quantitative estimate of drug-likeness (QED) is 0.736. The summed E-state index contributed by atoms with van der Waals surface area (Å²) in [6, 6.07) is 9.78. The van der Waals surface area contributed by atoms with E-state index >= 15 is 0 Å². The lowest BCUT2D eigenvalue weighted by Gasteiger charge is -2.23. The third-order valence-electron chi connectivity index (χ3n) is 3.93. The van der Waals surface area contributed by atoms with Crippen LogP contribution in [0.5, 0.6) is 0 Å². The summed E-state index contributed by atoms with van der Waals surface area (Å²) in [5.41, 5.74) is 2.97. The zero-order chi connectivity index (χ0) is 14.4. The number of nitrogens with zero attached hydrogens (tertiary/aromatic N) is 1. The van der Waals surface area contributed by atoms with Gasteiger partial charge < -0.3 is 5.32 Å². The topological polar surface area (TPSA) is 15.3 Å². The van der Waals surface area contributed by atoms with E-state index in [4.69, 9.17) is 0 Å². The normalized spacial score (nSPS) is 15.2. The van der Waals surface area contributed by atoms with Crippen LogP contribution in [0.2, 0.25) is 0 Å². The summed E-state index contributed by atoms with van der Waals surface area (Å²) in [4.78, 5) is 2.67. The van der Waals surface area contributed by atoms with E-state index in [-0.39, 0.29) is 0 Å². The van der Waals surface area contributed by atoms with Gasteiger partial charge >= 0.3 is 0 Å². The second-order valence-electron chi connectivity index (χ2n) is 6.50. The summed E-state index contributed by atoms with van der Waals surface area (Å²) in [6.45, 7) is 11.3. The van der Waals surface area contributed by atoms with Crippen molar-refractivity contribution < 1.29 is 0 Å². The van der Waals surface area contributed by atoms with Crippen LogP contribution in [-0.4, -0.2) is 24.0 Å². The van der Waals surface area contributed by atoms with E-state index in [2.05, 4.69) is 55.3 Å². The molecule has 1 aromatic carbocycles. The maximum absolute atomic E-state index is 3.57. The first-order valence-electron chi connectivity index (χ1n) is 8.22. The minimum absolute atomic E-state index is 0.713. The smallest absolute Gasteiger partial charge is 0.0239 e. The lowest BCUT2D eigenvalue weighted by molar-refractivity contribution is 0.254. The summed E-state index contributed by atoms with van der Waals surface area (Å²) in [5.74, 6) is 0.713. The van der Waals surface area contributed by atoms with Crippen LogP contribution in [-0.2, 0) is 13.1 Å². The van der Waals surface area contributed by atoms with E-state index in [9.17, 15) is 0 Å². The van der Waals surface area contributed by atoms with Crippen molar-refractivity contribution in [2.45, 2.75) is 59.2 Å². The van der Waals surface area contributed by atoms with E-state index in [1.165, 1.54) is 36.9 Å². The molecule has 1 aromatic rings. The lowest BCUT2D eigenvalue weighted by Crippen LogP contribution is -2.27. The Labute approximate surface area is 124 Å². The molecule has 0 radical (unpaired) electrons. The summed E-state index contributed by atoms with van der Waals surface area (Å²) >= 11 is 0. The highest BCUT2D eigenvalue weighted by Crippen LogP contribution is 2.29. The van der Waals surface area contributed by atoms with Gasteiger partial charge in [-0.3, -0.25) is 4.90 Å². The Morgan fingerprint density at radius 1 is 1.20 bits per heavy atom. The van der Waals surface area contributed by atoms with E-state index in [1.54, 1.807) is 0 Å². The predicted molar refractivity (Wildman–Crippen MR) is 86.7 cm³/mol. The minimum Gasteiger partial charge on any atom is -0.312 e. The predicted octanol–water partition coefficient (Wildman–Crippen LogP) is 3.81. The number of hydrogen-bond donors (Lipinski definition) is 1. The van der Waals surface area contributed by atoms with Crippen molar-refractivity contribution in [1.82, 2.24) is 10.2 Å². The third-order valence-corrected chi connectivity index (χ3v) is 3.93. The molecule has 0 heterocycles. The van der Waals surface area contributed by atoms with Crippen molar-refractivity contribution in [3.8, 4) is 0 Å². The standard InChI is InChI=1S/C18H30N2/c1-4-11-20(18-9-10-18)14-17-8-6-5-7-16(17)13-19-12-15(2)3/h5-8,15,18-19H,4,9-14H2,1-3H3. The Hall–Kier alpha value is -0.860. The van der Waals surface area contributed by atoms with Crippen molar-refractivity contribution in [3.05, 3.63) is 35.4 Å². The highest BCUT2D eigenvalue weighted by molar-refractivity contribution is 5.27. The molecule has 0 aliphatic heterocycles. The average Bonchev–Trinajstić information content (AvgIpc) is 3.24. The van der Waals surface area contributed by atoms with Gasteiger partial charge in [-0.25, -0.2) is 0 Å². The van der Waals surface area contributed by atoms with Crippen molar-refractivity contribution in [2.75, 3.05) is 13.1 Å². The second-order valence-corrected chi connectivity index (χ2v) is 6.50. The van der Waals surface area contributed by atoms with Gasteiger partial charge in [-0.15, -0.1) is 0 Å². The SMILES string of the molecule is CCCN(Cc1ccccc1CNCC(C)C)C1CC1. The molecule has 20 heavy (non-hydrogen) atoms. The largest absolute Gasteiger partial charge is 0.312 e. The third kappa shape index (κ3) is 4.92. The van der Waals surface area contributed by atoms with Crippen LogP contribution >= 0.6 is 0 Å². The van der Waals surface area contributed by atoms with Gasteiger partial charge in [0.1, 0.15) is 0 Å². The first-order chi connectivity index (χ1) is 9.70. The molecular formula is C18H30N2. The van der Waals surface area contributed by atoms with E-state index < -0.39 is 0 Å². The van der Waals surface area contributed by atoms with Crippen LogP contribution in [0.4, 0.5) is 0 Å². The van der Waals surface area contributed by atoms with Crippen LogP contribution in [0.1, 0.15) is 51.2 Å². The van der Waals surface area contributed by atoms with Gasteiger partial charge in [0.25, 0.3) is 0 Å².